The number of hydrogen-bond acceptors (Lipinski definition) is 7. The first-order chi connectivity index (χ1) is 19.9. The van der Waals surface area contributed by atoms with Gasteiger partial charge in [-0.05, 0) is 37.0 Å². The van der Waals surface area contributed by atoms with Gasteiger partial charge in [0.15, 0.2) is 5.75 Å². The Hall–Kier alpha value is -4.86. The number of carbonyl (C=O) groups is 2. The average Bonchev–Trinajstić information content (AvgIpc) is 3.76. The number of hydrogen-bond donors (Lipinski definition) is 2. The Morgan fingerprint density at radius 3 is 2.20 bits per heavy atom. The summed E-state index contributed by atoms with van der Waals surface area (Å²) in [6.45, 7) is 1.82. The maximum atomic E-state index is 16.1. The lowest BCUT2D eigenvalue weighted by Gasteiger charge is -2.25. The topological polar surface area (TPSA) is 108 Å². The molecular weight excluding hydrogens is 529 g/mol. The molecule has 1 aliphatic rings. The Kier molecular flexibility index (Phi) is 7.91. The van der Waals surface area contributed by atoms with Crippen molar-refractivity contribution in [2.45, 2.75) is 38.5 Å². The van der Waals surface area contributed by atoms with Gasteiger partial charge < -0.3 is 25.0 Å². The summed E-state index contributed by atoms with van der Waals surface area (Å²) in [5.74, 6) is -1.49. The molecule has 9 nitrogen and oxygen atoms in total. The van der Waals surface area contributed by atoms with Gasteiger partial charge in [-0.25, -0.2) is 14.0 Å². The molecule has 41 heavy (non-hydrogen) atoms. The molecule has 10 heteroatoms. The van der Waals surface area contributed by atoms with Gasteiger partial charge in [0.25, 0.3) is 0 Å². The summed E-state index contributed by atoms with van der Waals surface area (Å²) in [4.78, 5) is 38.8. The summed E-state index contributed by atoms with van der Waals surface area (Å²) in [5, 5.41) is 2.76. The molecule has 4 aromatic rings. The first-order valence-electron chi connectivity index (χ1n) is 13.3. The highest BCUT2D eigenvalue weighted by Crippen LogP contribution is 2.52. The average molecular weight is 560 g/mol. The minimum absolute atomic E-state index is 0.0518. The predicted molar refractivity (Wildman–Crippen MR) is 151 cm³/mol. The molecule has 5 rings (SSSR count). The molecule has 0 saturated heterocycles. The fraction of sp³-hybridized carbons (Fsp3) is 0.258. The Morgan fingerprint density at radius 1 is 0.976 bits per heavy atom. The molecule has 1 fully saturated rings. The highest BCUT2D eigenvalue weighted by Gasteiger charge is 2.51. The quantitative estimate of drug-likeness (QED) is 0.264. The summed E-state index contributed by atoms with van der Waals surface area (Å²) in [7, 11) is 1.59. The van der Waals surface area contributed by atoms with Crippen molar-refractivity contribution in [3.63, 3.8) is 0 Å². The fourth-order valence-electron chi connectivity index (χ4n) is 4.79. The Morgan fingerprint density at radius 2 is 1.61 bits per heavy atom. The molecule has 0 spiro atoms. The molecule has 1 heterocycles. The van der Waals surface area contributed by atoms with Crippen LogP contribution in [0.3, 0.4) is 0 Å². The monoisotopic (exact) mass is 559 g/mol. The zero-order valence-electron chi connectivity index (χ0n) is 22.7. The van der Waals surface area contributed by atoms with E-state index in [2.05, 4.69) is 10.7 Å². The Balaban J connectivity index is 1.59. The van der Waals surface area contributed by atoms with Crippen LogP contribution in [0, 0.1) is 5.82 Å². The van der Waals surface area contributed by atoms with Gasteiger partial charge in [-0.3, -0.25) is 9.47 Å². The standard InChI is InChI=1S/C31H30FN3O6/c1-3-39-29(37)23-17-35(33-2)26-22(27(23)36)16-24(32)25(28(26)40-18-20-10-6-4-7-11-20)31(14-15-31)34-30(38)41-19-21-12-8-5-9-13-21/h4-13,16-17,33H,3,14-15,18-19H2,1-2H3,(H,34,38). The fourth-order valence-corrected chi connectivity index (χ4v) is 4.79. The van der Waals surface area contributed by atoms with E-state index < -0.39 is 28.8 Å². The van der Waals surface area contributed by atoms with E-state index in [-0.39, 0.29) is 47.6 Å². The van der Waals surface area contributed by atoms with Crippen molar-refractivity contribution in [1.82, 2.24) is 9.99 Å². The summed E-state index contributed by atoms with van der Waals surface area (Å²) < 4.78 is 34.2. The van der Waals surface area contributed by atoms with Crippen LogP contribution in [0.4, 0.5) is 9.18 Å². The van der Waals surface area contributed by atoms with Crippen LogP contribution < -0.4 is 20.9 Å². The molecule has 0 bridgehead atoms. The van der Waals surface area contributed by atoms with Gasteiger partial charge in [0.05, 0.1) is 23.1 Å². The highest BCUT2D eigenvalue weighted by molar-refractivity contribution is 5.96. The lowest BCUT2D eigenvalue weighted by Crippen LogP contribution is -2.36. The number of amides is 1. The third-order valence-electron chi connectivity index (χ3n) is 6.94. The van der Waals surface area contributed by atoms with Gasteiger partial charge >= 0.3 is 12.1 Å². The Labute approximate surface area is 235 Å². The molecule has 0 atom stereocenters. The van der Waals surface area contributed by atoms with E-state index in [1.54, 1.807) is 14.0 Å². The second-order valence-electron chi connectivity index (χ2n) is 9.69. The smallest absolute Gasteiger partial charge is 0.408 e. The van der Waals surface area contributed by atoms with Crippen LogP contribution in [0.1, 0.15) is 46.8 Å². The second kappa shape index (κ2) is 11.7. The number of pyridine rings is 1. The molecular formula is C31H30FN3O6. The van der Waals surface area contributed by atoms with Crippen LogP contribution in [0.15, 0.2) is 77.7 Å². The van der Waals surface area contributed by atoms with E-state index in [0.29, 0.717) is 12.8 Å². The van der Waals surface area contributed by atoms with Gasteiger partial charge in [-0.15, -0.1) is 0 Å². The van der Waals surface area contributed by atoms with Crippen LogP contribution in [-0.2, 0) is 28.2 Å². The second-order valence-corrected chi connectivity index (χ2v) is 9.69. The number of nitrogens with zero attached hydrogens (tertiary/aromatic N) is 1. The number of esters is 1. The van der Waals surface area contributed by atoms with Gasteiger partial charge in [0, 0.05) is 13.2 Å². The zero-order valence-corrected chi connectivity index (χ0v) is 22.7. The van der Waals surface area contributed by atoms with E-state index in [0.717, 1.165) is 17.2 Å². The number of rotatable bonds is 10. The number of benzene rings is 3. The lowest BCUT2D eigenvalue weighted by molar-refractivity contribution is 0.0524. The van der Waals surface area contributed by atoms with E-state index in [1.807, 2.05) is 60.7 Å². The summed E-state index contributed by atoms with van der Waals surface area (Å²) in [5.41, 5.74) is 2.83. The predicted octanol–water partition coefficient (Wildman–Crippen LogP) is 4.99. The largest absolute Gasteiger partial charge is 0.486 e. The first-order valence-corrected chi connectivity index (χ1v) is 13.3. The third-order valence-corrected chi connectivity index (χ3v) is 6.94. The molecule has 1 amide bonds. The summed E-state index contributed by atoms with van der Waals surface area (Å²) in [6, 6.07) is 19.6. The summed E-state index contributed by atoms with van der Waals surface area (Å²) >= 11 is 0. The Bertz CT molecular complexity index is 1640. The normalized spacial score (nSPS) is 13.3. The van der Waals surface area contributed by atoms with E-state index in [1.165, 1.54) is 10.9 Å². The highest BCUT2D eigenvalue weighted by atomic mass is 19.1. The molecule has 212 valence electrons. The van der Waals surface area contributed by atoms with Gasteiger partial charge in [0.1, 0.15) is 30.1 Å². The molecule has 2 N–H and O–H groups in total. The molecule has 3 aromatic carbocycles. The van der Waals surface area contributed by atoms with Gasteiger partial charge in [-0.2, -0.15) is 0 Å². The maximum Gasteiger partial charge on any atom is 0.408 e. The number of aromatic nitrogens is 1. The van der Waals surface area contributed by atoms with Crippen molar-refractivity contribution >= 4 is 23.0 Å². The molecule has 1 saturated carbocycles. The molecule has 1 aromatic heterocycles. The van der Waals surface area contributed by atoms with Crippen molar-refractivity contribution in [2.24, 2.45) is 0 Å². The lowest BCUT2D eigenvalue weighted by atomic mass is 9.98. The van der Waals surface area contributed by atoms with Crippen molar-refractivity contribution in [3.05, 3.63) is 111 Å². The maximum absolute atomic E-state index is 16.1. The van der Waals surface area contributed by atoms with E-state index in [9.17, 15) is 14.4 Å². The van der Waals surface area contributed by atoms with Crippen molar-refractivity contribution in [3.8, 4) is 5.75 Å². The van der Waals surface area contributed by atoms with E-state index in [4.69, 9.17) is 14.2 Å². The molecule has 0 unspecified atom stereocenters. The molecule has 1 aliphatic carbocycles. The van der Waals surface area contributed by atoms with Crippen LogP contribution in [0.2, 0.25) is 0 Å². The zero-order chi connectivity index (χ0) is 29.0. The van der Waals surface area contributed by atoms with Crippen molar-refractivity contribution in [2.75, 3.05) is 19.1 Å². The van der Waals surface area contributed by atoms with Gasteiger partial charge in [-0.1, -0.05) is 60.7 Å². The first kappa shape index (κ1) is 27.7. The summed E-state index contributed by atoms with van der Waals surface area (Å²) in [6.07, 6.45) is 1.47. The van der Waals surface area contributed by atoms with Crippen LogP contribution in [0.25, 0.3) is 10.9 Å². The van der Waals surface area contributed by atoms with Crippen LogP contribution >= 0.6 is 0 Å². The van der Waals surface area contributed by atoms with E-state index >= 15 is 4.39 Å². The third kappa shape index (κ3) is 5.72. The molecule has 0 radical (unpaired) electrons. The number of nitrogens with one attached hydrogen (secondary N) is 2. The minimum Gasteiger partial charge on any atom is -0.486 e. The number of alkyl carbamates (subject to hydrolysis) is 1. The van der Waals surface area contributed by atoms with Gasteiger partial charge in [0.2, 0.25) is 5.43 Å². The van der Waals surface area contributed by atoms with Crippen molar-refractivity contribution < 1.29 is 28.2 Å². The SMILES string of the molecule is CCOC(=O)c1cn(NC)c2c(OCc3ccccc3)c(C3(NC(=O)OCc4ccccc4)CC3)c(F)cc2c1=O. The number of ether oxygens (including phenoxy) is 3. The number of carbonyl (C=O) groups excluding carboxylic acids is 2. The molecule has 0 aliphatic heterocycles. The van der Waals surface area contributed by atoms with Crippen LogP contribution in [-0.4, -0.2) is 30.4 Å². The van der Waals surface area contributed by atoms with Crippen molar-refractivity contribution in [1.29, 1.82) is 0 Å². The number of fused-ring (bicyclic) bond motifs is 1. The minimum atomic E-state index is -1.10. The van der Waals surface area contributed by atoms with Crippen LogP contribution in [0.5, 0.6) is 5.75 Å². The number of halogens is 1.